The number of terminal acetylenes is 1. The van der Waals surface area contributed by atoms with Crippen LogP contribution in [0.25, 0.3) is 0 Å². The van der Waals surface area contributed by atoms with Crippen molar-refractivity contribution in [1.29, 1.82) is 0 Å². The standard InChI is InChI=1S/C9H8FNO/c1-2-3-9(12)7-4-5-11-6-8(7)10/h1,4-6,9,12H,3H2. The van der Waals surface area contributed by atoms with Crippen LogP contribution in [0, 0.1) is 18.2 Å². The fraction of sp³-hybridized carbons (Fsp3) is 0.222. The number of aromatic nitrogens is 1. The Morgan fingerprint density at radius 3 is 3.08 bits per heavy atom. The molecule has 1 rings (SSSR count). The van der Waals surface area contributed by atoms with Crippen molar-refractivity contribution in [2.75, 3.05) is 0 Å². The van der Waals surface area contributed by atoms with E-state index in [1.807, 2.05) is 0 Å². The van der Waals surface area contributed by atoms with Gasteiger partial charge in [-0.15, -0.1) is 12.3 Å². The van der Waals surface area contributed by atoms with E-state index in [-0.39, 0.29) is 12.0 Å². The Kier molecular flexibility index (Phi) is 2.78. The monoisotopic (exact) mass is 165 g/mol. The highest BCUT2D eigenvalue weighted by molar-refractivity contribution is 5.17. The average molecular weight is 165 g/mol. The highest BCUT2D eigenvalue weighted by atomic mass is 19.1. The summed E-state index contributed by atoms with van der Waals surface area (Å²) in [6.45, 7) is 0. The van der Waals surface area contributed by atoms with Crippen LogP contribution >= 0.6 is 0 Å². The summed E-state index contributed by atoms with van der Waals surface area (Å²) >= 11 is 0. The highest BCUT2D eigenvalue weighted by Crippen LogP contribution is 2.17. The molecule has 0 saturated heterocycles. The molecule has 3 heteroatoms. The zero-order chi connectivity index (χ0) is 8.97. The average Bonchev–Trinajstić information content (AvgIpc) is 2.05. The number of hydrogen-bond acceptors (Lipinski definition) is 2. The van der Waals surface area contributed by atoms with E-state index in [0.717, 1.165) is 6.20 Å². The van der Waals surface area contributed by atoms with E-state index < -0.39 is 11.9 Å². The van der Waals surface area contributed by atoms with Crippen LogP contribution < -0.4 is 0 Å². The van der Waals surface area contributed by atoms with Crippen molar-refractivity contribution in [1.82, 2.24) is 4.98 Å². The van der Waals surface area contributed by atoms with Gasteiger partial charge in [-0.25, -0.2) is 4.39 Å². The minimum atomic E-state index is -0.932. The third-order valence-corrected chi connectivity index (χ3v) is 1.47. The number of aliphatic hydroxyl groups is 1. The van der Waals surface area contributed by atoms with E-state index in [4.69, 9.17) is 6.42 Å². The van der Waals surface area contributed by atoms with Crippen LogP contribution in [-0.4, -0.2) is 10.1 Å². The van der Waals surface area contributed by atoms with E-state index in [0.29, 0.717) is 0 Å². The lowest BCUT2D eigenvalue weighted by atomic mass is 10.1. The summed E-state index contributed by atoms with van der Waals surface area (Å²) in [5, 5.41) is 9.29. The molecule has 0 aliphatic carbocycles. The molecule has 0 fully saturated rings. The maximum absolute atomic E-state index is 12.9. The molecule has 0 aliphatic rings. The lowest BCUT2D eigenvalue weighted by Crippen LogP contribution is -1.99. The third kappa shape index (κ3) is 1.80. The Bertz CT molecular complexity index is 306. The molecule has 0 radical (unpaired) electrons. The van der Waals surface area contributed by atoms with Gasteiger partial charge in [-0.05, 0) is 6.07 Å². The number of aliphatic hydroxyl groups excluding tert-OH is 1. The van der Waals surface area contributed by atoms with Crippen molar-refractivity contribution in [3.63, 3.8) is 0 Å². The lowest BCUT2D eigenvalue weighted by molar-refractivity contribution is 0.179. The van der Waals surface area contributed by atoms with E-state index >= 15 is 0 Å². The fourth-order valence-electron chi connectivity index (χ4n) is 0.878. The van der Waals surface area contributed by atoms with Crippen LogP contribution in [0.15, 0.2) is 18.5 Å². The summed E-state index contributed by atoms with van der Waals surface area (Å²) < 4.78 is 12.9. The number of nitrogens with zero attached hydrogens (tertiary/aromatic N) is 1. The van der Waals surface area contributed by atoms with E-state index in [9.17, 15) is 9.50 Å². The maximum Gasteiger partial charge on any atom is 0.147 e. The third-order valence-electron chi connectivity index (χ3n) is 1.47. The zero-order valence-electron chi connectivity index (χ0n) is 6.37. The van der Waals surface area contributed by atoms with Gasteiger partial charge in [0.15, 0.2) is 0 Å². The molecule has 0 amide bonds. The number of hydrogen-bond donors (Lipinski definition) is 1. The second-order valence-corrected chi connectivity index (χ2v) is 2.32. The Hall–Kier alpha value is -1.40. The summed E-state index contributed by atoms with van der Waals surface area (Å²) in [5.74, 6) is 1.73. The van der Waals surface area contributed by atoms with Crippen molar-refractivity contribution < 1.29 is 9.50 Å². The first kappa shape index (κ1) is 8.69. The molecule has 1 heterocycles. The van der Waals surface area contributed by atoms with Gasteiger partial charge in [0.25, 0.3) is 0 Å². The van der Waals surface area contributed by atoms with Crippen LogP contribution in [0.2, 0.25) is 0 Å². The van der Waals surface area contributed by atoms with Crippen LogP contribution in [0.5, 0.6) is 0 Å². The van der Waals surface area contributed by atoms with Gasteiger partial charge in [0.1, 0.15) is 5.82 Å². The van der Waals surface area contributed by atoms with Crippen molar-refractivity contribution in [2.45, 2.75) is 12.5 Å². The molecule has 0 spiro atoms. The number of halogens is 1. The van der Waals surface area contributed by atoms with E-state index in [1.165, 1.54) is 12.3 Å². The molecule has 0 bridgehead atoms. The van der Waals surface area contributed by atoms with Crippen LogP contribution in [-0.2, 0) is 0 Å². The first-order chi connectivity index (χ1) is 5.75. The zero-order valence-corrected chi connectivity index (χ0v) is 6.37. The van der Waals surface area contributed by atoms with E-state index in [2.05, 4.69) is 10.9 Å². The minimum Gasteiger partial charge on any atom is -0.387 e. The molecule has 0 saturated carbocycles. The Morgan fingerprint density at radius 1 is 1.75 bits per heavy atom. The van der Waals surface area contributed by atoms with Gasteiger partial charge in [-0.3, -0.25) is 4.98 Å². The van der Waals surface area contributed by atoms with Gasteiger partial charge >= 0.3 is 0 Å². The molecule has 0 aliphatic heterocycles. The van der Waals surface area contributed by atoms with Crippen molar-refractivity contribution in [3.8, 4) is 12.3 Å². The SMILES string of the molecule is C#CCC(O)c1ccncc1F. The van der Waals surface area contributed by atoms with Gasteiger partial charge in [0.05, 0.1) is 12.3 Å². The summed E-state index contributed by atoms with van der Waals surface area (Å²) in [7, 11) is 0. The Balaban J connectivity index is 2.88. The molecule has 1 aromatic heterocycles. The fourth-order valence-corrected chi connectivity index (χ4v) is 0.878. The molecular weight excluding hydrogens is 157 g/mol. The number of pyridine rings is 1. The van der Waals surface area contributed by atoms with E-state index in [1.54, 1.807) is 0 Å². The molecule has 1 unspecified atom stereocenters. The van der Waals surface area contributed by atoms with Crippen molar-refractivity contribution >= 4 is 0 Å². The second-order valence-electron chi connectivity index (χ2n) is 2.32. The first-order valence-corrected chi connectivity index (χ1v) is 3.46. The van der Waals surface area contributed by atoms with Gasteiger partial charge in [0, 0.05) is 18.2 Å². The molecule has 1 aromatic rings. The molecule has 2 nitrogen and oxygen atoms in total. The molecule has 0 aromatic carbocycles. The van der Waals surface area contributed by atoms with Gasteiger partial charge in [-0.2, -0.15) is 0 Å². The topological polar surface area (TPSA) is 33.1 Å². The predicted molar refractivity (Wildman–Crippen MR) is 42.6 cm³/mol. The van der Waals surface area contributed by atoms with Gasteiger partial charge < -0.3 is 5.11 Å². The van der Waals surface area contributed by atoms with Crippen LogP contribution in [0.3, 0.4) is 0 Å². The smallest absolute Gasteiger partial charge is 0.147 e. The Labute approximate surface area is 70.1 Å². The van der Waals surface area contributed by atoms with Gasteiger partial charge in [0.2, 0.25) is 0 Å². The van der Waals surface area contributed by atoms with Crippen LogP contribution in [0.1, 0.15) is 18.1 Å². The second kappa shape index (κ2) is 3.84. The first-order valence-electron chi connectivity index (χ1n) is 3.46. The summed E-state index contributed by atoms with van der Waals surface area (Å²) in [6.07, 6.45) is 6.61. The number of rotatable bonds is 2. The van der Waals surface area contributed by atoms with Gasteiger partial charge in [-0.1, -0.05) is 0 Å². The van der Waals surface area contributed by atoms with Crippen LogP contribution in [0.4, 0.5) is 4.39 Å². The summed E-state index contributed by atoms with van der Waals surface area (Å²) in [5.41, 5.74) is 0.197. The molecule has 1 N–H and O–H groups in total. The molecule has 1 atom stereocenters. The van der Waals surface area contributed by atoms with Crippen molar-refractivity contribution in [2.24, 2.45) is 0 Å². The predicted octanol–water partition coefficient (Wildman–Crippen LogP) is 1.28. The Morgan fingerprint density at radius 2 is 2.50 bits per heavy atom. The molecular formula is C9H8FNO. The summed E-state index contributed by atoms with van der Waals surface area (Å²) in [6, 6.07) is 1.41. The largest absolute Gasteiger partial charge is 0.387 e. The lowest BCUT2D eigenvalue weighted by Gasteiger charge is -2.06. The highest BCUT2D eigenvalue weighted by Gasteiger charge is 2.10. The molecule has 62 valence electrons. The van der Waals surface area contributed by atoms with Crippen molar-refractivity contribution in [3.05, 3.63) is 29.8 Å². The summed E-state index contributed by atoms with van der Waals surface area (Å²) in [4.78, 5) is 3.55. The quantitative estimate of drug-likeness (QED) is 0.669. The minimum absolute atomic E-state index is 0.112. The molecule has 12 heavy (non-hydrogen) atoms. The normalized spacial score (nSPS) is 12.1. The maximum atomic E-state index is 12.9.